The van der Waals surface area contributed by atoms with Crippen molar-refractivity contribution in [1.29, 1.82) is 5.26 Å². The number of nitrogens with zero attached hydrogens (tertiary/aromatic N) is 5. The molecule has 0 radical (unpaired) electrons. The molecule has 1 aromatic heterocycles. The zero-order valence-corrected chi connectivity index (χ0v) is 16.8. The second-order valence-corrected chi connectivity index (χ2v) is 6.65. The van der Waals surface area contributed by atoms with E-state index in [9.17, 15) is 28.5 Å². The van der Waals surface area contributed by atoms with Gasteiger partial charge < -0.3 is 5.32 Å². The number of hydrogen-bond donors (Lipinski definition) is 1. The van der Waals surface area contributed by atoms with Crippen molar-refractivity contribution in [2.75, 3.05) is 5.32 Å². The molecular weight excluding hydrogens is 425 g/mol. The number of nitrogens with one attached hydrogen (secondary N) is 1. The van der Waals surface area contributed by atoms with Crippen molar-refractivity contribution in [3.63, 3.8) is 0 Å². The summed E-state index contributed by atoms with van der Waals surface area (Å²) >= 11 is 0. The minimum absolute atomic E-state index is 0.0717. The maximum Gasteiger partial charge on any atom is 0.418 e. The predicted octanol–water partition coefficient (Wildman–Crippen LogP) is 6.66. The molecule has 0 saturated heterocycles. The third-order valence-electron chi connectivity index (χ3n) is 4.50. The van der Waals surface area contributed by atoms with Crippen LogP contribution >= 0.6 is 0 Å². The summed E-state index contributed by atoms with van der Waals surface area (Å²) < 4.78 is 40.3. The molecule has 8 nitrogen and oxygen atoms in total. The highest BCUT2D eigenvalue weighted by atomic mass is 19.4. The molecule has 0 aliphatic heterocycles. The van der Waals surface area contributed by atoms with Gasteiger partial charge in [0, 0.05) is 17.8 Å². The number of aromatic nitrogens is 1. The number of azo groups is 1. The van der Waals surface area contributed by atoms with Gasteiger partial charge >= 0.3 is 6.18 Å². The summed E-state index contributed by atoms with van der Waals surface area (Å²) in [7, 11) is 0. The first-order valence-electron chi connectivity index (χ1n) is 9.12. The van der Waals surface area contributed by atoms with Gasteiger partial charge in [0.2, 0.25) is 0 Å². The number of para-hydroxylation sites is 1. The summed E-state index contributed by atoms with van der Waals surface area (Å²) in [6.07, 6.45) is -4.89. The summed E-state index contributed by atoms with van der Waals surface area (Å²) in [5, 5.41) is 31.0. The molecule has 162 valence electrons. The van der Waals surface area contributed by atoms with Crippen LogP contribution in [0.3, 0.4) is 0 Å². The average molecular weight is 440 g/mol. The van der Waals surface area contributed by atoms with Gasteiger partial charge in [0.05, 0.1) is 27.4 Å². The lowest BCUT2D eigenvalue weighted by Crippen LogP contribution is -2.06. The number of alkyl halides is 3. The molecule has 11 heteroatoms. The number of non-ortho nitro benzene ring substituents is 1. The Morgan fingerprint density at radius 3 is 2.41 bits per heavy atom. The number of aryl methyl sites for hydroxylation is 1. The number of halogens is 3. The number of benzene rings is 2. The summed E-state index contributed by atoms with van der Waals surface area (Å²) in [5.41, 5.74) is -0.904. The Morgan fingerprint density at radius 2 is 1.81 bits per heavy atom. The van der Waals surface area contributed by atoms with Gasteiger partial charge in [-0.2, -0.15) is 18.4 Å². The number of nitro groups is 1. The minimum Gasteiger partial charge on any atom is -0.338 e. The zero-order valence-electron chi connectivity index (χ0n) is 16.8. The number of nitriles is 1. The van der Waals surface area contributed by atoms with Crippen molar-refractivity contribution in [3.05, 3.63) is 81.0 Å². The molecule has 1 N–H and O–H groups in total. The Bertz CT molecular complexity index is 1250. The van der Waals surface area contributed by atoms with E-state index < -0.39 is 28.0 Å². The van der Waals surface area contributed by atoms with Crippen molar-refractivity contribution in [2.45, 2.75) is 20.0 Å². The van der Waals surface area contributed by atoms with E-state index in [1.54, 1.807) is 38.1 Å². The van der Waals surface area contributed by atoms with Crippen molar-refractivity contribution >= 4 is 28.6 Å². The lowest BCUT2D eigenvalue weighted by molar-refractivity contribution is -0.385. The van der Waals surface area contributed by atoms with Crippen molar-refractivity contribution < 1.29 is 18.1 Å². The lowest BCUT2D eigenvalue weighted by atomic mass is 10.1. The van der Waals surface area contributed by atoms with Crippen molar-refractivity contribution in [3.8, 4) is 6.07 Å². The van der Waals surface area contributed by atoms with Crippen LogP contribution in [0.25, 0.3) is 0 Å². The average Bonchev–Trinajstić information content (AvgIpc) is 2.73. The predicted molar refractivity (Wildman–Crippen MR) is 110 cm³/mol. The van der Waals surface area contributed by atoms with E-state index in [0.717, 1.165) is 12.1 Å². The van der Waals surface area contributed by atoms with Gasteiger partial charge in [0.25, 0.3) is 5.69 Å². The van der Waals surface area contributed by atoms with E-state index >= 15 is 0 Å². The highest BCUT2D eigenvalue weighted by Gasteiger charge is 2.35. The van der Waals surface area contributed by atoms with Gasteiger partial charge in [-0.25, -0.2) is 4.98 Å². The molecule has 0 spiro atoms. The standard InChI is InChI=1S/C21H15F3N6O2/c1-12-16(11-25)13(2)26-20(27-14-6-4-3-5-7-14)19(12)29-28-18-9-8-15(30(31)32)10-17(18)21(22,23)24/h3-10H,1-2H3,(H,26,27). The Labute approximate surface area is 180 Å². The van der Waals surface area contributed by atoms with E-state index in [2.05, 4.69) is 20.5 Å². The number of anilines is 2. The minimum atomic E-state index is -4.89. The van der Waals surface area contributed by atoms with Crippen LogP contribution in [0.4, 0.5) is 41.7 Å². The van der Waals surface area contributed by atoms with Gasteiger partial charge in [0.15, 0.2) is 5.82 Å². The molecule has 0 bridgehead atoms. The number of hydrogen-bond acceptors (Lipinski definition) is 7. The third-order valence-corrected chi connectivity index (χ3v) is 4.50. The largest absolute Gasteiger partial charge is 0.418 e. The molecule has 32 heavy (non-hydrogen) atoms. The van der Waals surface area contributed by atoms with Crippen LogP contribution in [0.5, 0.6) is 0 Å². The van der Waals surface area contributed by atoms with Gasteiger partial charge in [-0.05, 0) is 37.6 Å². The smallest absolute Gasteiger partial charge is 0.338 e. The lowest BCUT2D eigenvalue weighted by Gasteiger charge is -2.13. The van der Waals surface area contributed by atoms with Crippen LogP contribution in [-0.2, 0) is 6.18 Å². The van der Waals surface area contributed by atoms with Crippen LogP contribution in [-0.4, -0.2) is 9.91 Å². The second-order valence-electron chi connectivity index (χ2n) is 6.65. The maximum absolute atomic E-state index is 13.4. The summed E-state index contributed by atoms with van der Waals surface area (Å²) in [5.74, 6) is 0.199. The van der Waals surface area contributed by atoms with E-state index in [1.807, 2.05) is 12.1 Å². The van der Waals surface area contributed by atoms with E-state index in [0.29, 0.717) is 23.0 Å². The molecule has 0 unspecified atom stereocenters. The van der Waals surface area contributed by atoms with E-state index in [4.69, 9.17) is 0 Å². The summed E-state index contributed by atoms with van der Waals surface area (Å²) in [4.78, 5) is 14.3. The van der Waals surface area contributed by atoms with E-state index in [-0.39, 0.29) is 17.1 Å². The Hall–Kier alpha value is -4.33. The van der Waals surface area contributed by atoms with Gasteiger partial charge in [-0.1, -0.05) is 18.2 Å². The highest BCUT2D eigenvalue weighted by molar-refractivity contribution is 5.73. The topological polar surface area (TPSA) is 117 Å². The Morgan fingerprint density at radius 1 is 1.12 bits per heavy atom. The van der Waals surface area contributed by atoms with Gasteiger partial charge in [-0.15, -0.1) is 10.2 Å². The monoisotopic (exact) mass is 440 g/mol. The zero-order chi connectivity index (χ0) is 23.5. The van der Waals surface area contributed by atoms with Crippen LogP contribution in [0.2, 0.25) is 0 Å². The fourth-order valence-corrected chi connectivity index (χ4v) is 2.93. The molecule has 0 aliphatic carbocycles. The molecule has 0 amide bonds. The second kappa shape index (κ2) is 8.81. The van der Waals surface area contributed by atoms with Gasteiger partial charge in [0.1, 0.15) is 11.8 Å². The molecule has 0 fully saturated rings. The van der Waals surface area contributed by atoms with Crippen LogP contribution in [0.15, 0.2) is 58.8 Å². The highest BCUT2D eigenvalue weighted by Crippen LogP contribution is 2.40. The first-order valence-corrected chi connectivity index (χ1v) is 9.12. The first-order chi connectivity index (χ1) is 15.1. The molecule has 0 saturated carbocycles. The summed E-state index contributed by atoms with van der Waals surface area (Å²) in [6.45, 7) is 3.21. The molecule has 2 aromatic carbocycles. The first kappa shape index (κ1) is 22.4. The fourth-order valence-electron chi connectivity index (χ4n) is 2.93. The molecule has 1 heterocycles. The quantitative estimate of drug-likeness (QED) is 0.271. The SMILES string of the molecule is Cc1nc(Nc2ccccc2)c(N=Nc2ccc([N+](=O)[O-])cc2C(F)(F)F)c(C)c1C#N. The third kappa shape index (κ3) is 4.70. The molecule has 3 aromatic rings. The molecule has 0 atom stereocenters. The fraction of sp³-hybridized carbons (Fsp3) is 0.143. The molecular formula is C21H15F3N6O2. The normalized spacial score (nSPS) is 11.4. The van der Waals surface area contributed by atoms with Crippen molar-refractivity contribution in [1.82, 2.24) is 4.98 Å². The Balaban J connectivity index is 2.14. The van der Waals surface area contributed by atoms with Gasteiger partial charge in [-0.3, -0.25) is 10.1 Å². The number of nitro benzene ring substituents is 1. The molecule has 3 rings (SSSR count). The Kier molecular flexibility index (Phi) is 6.15. The van der Waals surface area contributed by atoms with Crippen LogP contribution in [0, 0.1) is 35.3 Å². The number of rotatable bonds is 5. The molecule has 0 aliphatic rings. The maximum atomic E-state index is 13.4. The van der Waals surface area contributed by atoms with E-state index in [1.165, 1.54) is 0 Å². The summed E-state index contributed by atoms with van der Waals surface area (Å²) in [6, 6.07) is 13.1. The van der Waals surface area contributed by atoms with Crippen LogP contribution in [0.1, 0.15) is 22.4 Å². The van der Waals surface area contributed by atoms with Crippen molar-refractivity contribution in [2.24, 2.45) is 10.2 Å². The van der Waals surface area contributed by atoms with Crippen LogP contribution < -0.4 is 5.32 Å². The number of pyridine rings is 1.